The van der Waals surface area contributed by atoms with Gasteiger partial charge in [0, 0.05) is 16.6 Å². The summed E-state index contributed by atoms with van der Waals surface area (Å²) in [5.41, 5.74) is -0.513. The van der Waals surface area contributed by atoms with E-state index in [0.717, 1.165) is 6.42 Å². The van der Waals surface area contributed by atoms with E-state index in [0.29, 0.717) is 36.8 Å². The minimum Gasteiger partial charge on any atom is -0.423 e. The van der Waals surface area contributed by atoms with Gasteiger partial charge in [0.25, 0.3) is 5.56 Å². The van der Waals surface area contributed by atoms with Gasteiger partial charge < -0.3 is 40.1 Å². The minimum atomic E-state index is -1.97. The van der Waals surface area contributed by atoms with Crippen LogP contribution in [0.25, 0.3) is 0 Å². The Morgan fingerprint density at radius 3 is 1.68 bits per heavy atom. The van der Waals surface area contributed by atoms with Crippen LogP contribution in [0.2, 0.25) is 0 Å². The predicted octanol–water partition coefficient (Wildman–Crippen LogP) is -0.201. The molecule has 0 aromatic carbocycles. The van der Waals surface area contributed by atoms with Crippen molar-refractivity contribution < 1.29 is 30.1 Å². The van der Waals surface area contributed by atoms with Gasteiger partial charge in [-0.15, -0.1) is 0 Å². The third-order valence-electron chi connectivity index (χ3n) is 5.06. The predicted molar refractivity (Wildman–Crippen MR) is 159 cm³/mol. The fraction of sp³-hybridized carbons (Fsp3) is 0.600. The van der Waals surface area contributed by atoms with Crippen molar-refractivity contribution in [2.75, 3.05) is 0 Å². The van der Waals surface area contributed by atoms with Crippen LogP contribution >= 0.6 is 0 Å². The Morgan fingerprint density at radius 2 is 1.24 bits per heavy atom. The number of aromatic amines is 2. The fourth-order valence-electron chi connectivity index (χ4n) is 3.29. The molecule has 0 bridgehead atoms. The Hall–Kier alpha value is -2.15. The zero-order valence-corrected chi connectivity index (χ0v) is 24.6. The highest BCUT2D eigenvalue weighted by Crippen LogP contribution is 2.15. The summed E-state index contributed by atoms with van der Waals surface area (Å²) in [7, 11) is -5.58. The van der Waals surface area contributed by atoms with E-state index in [2.05, 4.69) is 9.97 Å². The van der Waals surface area contributed by atoms with Crippen LogP contribution < -0.4 is 27.8 Å². The molecule has 0 spiro atoms. The summed E-state index contributed by atoms with van der Waals surface area (Å²) < 4.78 is 0. The van der Waals surface area contributed by atoms with Gasteiger partial charge in [0.15, 0.2) is 0 Å². The van der Waals surface area contributed by atoms with E-state index in [1.165, 1.54) is 12.1 Å². The maximum absolute atomic E-state index is 12.0. The molecule has 8 N–H and O–H groups in total. The van der Waals surface area contributed by atoms with Crippen LogP contribution in [0.4, 0.5) is 0 Å². The lowest BCUT2D eigenvalue weighted by Gasteiger charge is -2.14. The number of H-pyrrole nitrogens is 2. The molecule has 0 saturated carbocycles. The molecule has 2 rings (SSSR count). The SMILES string of the molecule is CC.CC.CC.CC.CC(CCCc1ccc(B(O)O)[nH]c1=O)CCc1cc(B(O)O)c(=O)[nH]c1B(O)O. The number of hydrogen-bond donors (Lipinski definition) is 8. The van der Waals surface area contributed by atoms with Crippen LogP contribution in [0, 0.1) is 5.92 Å². The van der Waals surface area contributed by atoms with Gasteiger partial charge in [0.05, 0.1) is 5.59 Å². The van der Waals surface area contributed by atoms with E-state index in [9.17, 15) is 29.7 Å². The second kappa shape index (κ2) is 23.9. The van der Waals surface area contributed by atoms with Crippen LogP contribution in [0.15, 0.2) is 27.8 Å². The van der Waals surface area contributed by atoms with Crippen molar-refractivity contribution in [3.05, 3.63) is 50.0 Å². The van der Waals surface area contributed by atoms with Crippen LogP contribution in [-0.4, -0.2) is 61.5 Å². The fourth-order valence-corrected chi connectivity index (χ4v) is 3.29. The Labute approximate surface area is 228 Å². The largest absolute Gasteiger partial charge is 0.506 e. The molecule has 13 heteroatoms. The molecular weight excluding hydrogens is 489 g/mol. The van der Waals surface area contributed by atoms with Gasteiger partial charge in [0.1, 0.15) is 0 Å². The molecule has 0 aliphatic rings. The normalized spacial score (nSPS) is 10.1. The van der Waals surface area contributed by atoms with E-state index in [-0.39, 0.29) is 28.1 Å². The maximum atomic E-state index is 12.0. The van der Waals surface area contributed by atoms with Crippen molar-refractivity contribution in [1.29, 1.82) is 0 Å². The monoisotopic (exact) mass is 538 g/mol. The lowest BCUT2D eigenvalue weighted by atomic mass is 9.75. The third-order valence-corrected chi connectivity index (χ3v) is 5.06. The number of pyridine rings is 2. The molecule has 0 saturated heterocycles. The summed E-state index contributed by atoms with van der Waals surface area (Å²) in [6.07, 6.45) is 3.03. The van der Waals surface area contributed by atoms with Crippen molar-refractivity contribution in [1.82, 2.24) is 9.97 Å². The van der Waals surface area contributed by atoms with Gasteiger partial charge in [-0.25, -0.2) is 0 Å². The van der Waals surface area contributed by atoms with E-state index in [1.54, 1.807) is 6.07 Å². The van der Waals surface area contributed by atoms with Gasteiger partial charge in [0.2, 0.25) is 5.56 Å². The molecule has 216 valence electrons. The Morgan fingerprint density at radius 1 is 0.684 bits per heavy atom. The number of nitrogens with one attached hydrogen (secondary N) is 2. The molecule has 0 aliphatic carbocycles. The van der Waals surface area contributed by atoms with Crippen LogP contribution in [0.3, 0.4) is 0 Å². The molecule has 2 aromatic heterocycles. The standard InChI is InChI=1S/C17H25B3N2O8.4C2H6/c1-10(3-2-4-11-7-8-14(19(27)28)21-16(11)23)5-6-12-9-13(18(25)26)17(24)22-15(12)20(29)30;4*1-2/h7-10,25-30H,2-6H2,1H3,(H,21,23)(H,22,24);4*1-2H3. The number of aryl methyl sites for hydroxylation is 2. The topological polar surface area (TPSA) is 187 Å². The van der Waals surface area contributed by atoms with Crippen LogP contribution in [0.5, 0.6) is 0 Å². The number of rotatable bonds is 10. The van der Waals surface area contributed by atoms with Crippen LogP contribution in [0.1, 0.15) is 92.7 Å². The zero-order valence-electron chi connectivity index (χ0n) is 24.6. The van der Waals surface area contributed by atoms with Crippen molar-refractivity contribution in [2.24, 2.45) is 5.92 Å². The summed E-state index contributed by atoms with van der Waals surface area (Å²) in [5, 5.41) is 55.6. The molecule has 2 heterocycles. The minimum absolute atomic E-state index is 0.0345. The first-order chi connectivity index (χ1) is 18.1. The molecule has 0 amide bonds. The molecule has 0 aliphatic heterocycles. The van der Waals surface area contributed by atoms with Gasteiger partial charge in [-0.05, 0) is 43.2 Å². The lowest BCUT2D eigenvalue weighted by molar-refractivity contribution is 0.420. The number of hydrogen-bond acceptors (Lipinski definition) is 8. The van der Waals surface area contributed by atoms with Gasteiger partial charge in [-0.3, -0.25) is 9.59 Å². The van der Waals surface area contributed by atoms with Gasteiger partial charge in [-0.2, -0.15) is 0 Å². The Kier molecular flexibility index (Phi) is 25.4. The molecule has 0 fully saturated rings. The molecule has 0 radical (unpaired) electrons. The van der Waals surface area contributed by atoms with Crippen molar-refractivity contribution >= 4 is 38.0 Å². The zero-order chi connectivity index (χ0) is 30.4. The number of aromatic nitrogens is 2. The molecule has 1 unspecified atom stereocenters. The summed E-state index contributed by atoms with van der Waals surface area (Å²) in [6, 6.07) is 4.28. The average Bonchev–Trinajstić information content (AvgIpc) is 2.92. The first kappa shape index (κ1) is 40.4. The summed E-state index contributed by atoms with van der Waals surface area (Å²) in [4.78, 5) is 28.4. The summed E-state index contributed by atoms with van der Waals surface area (Å²) in [5.74, 6) is 0.209. The van der Waals surface area contributed by atoms with Gasteiger partial charge in [-0.1, -0.05) is 80.9 Å². The second-order valence-corrected chi connectivity index (χ2v) is 7.42. The first-order valence-electron chi connectivity index (χ1n) is 13.7. The second-order valence-electron chi connectivity index (χ2n) is 7.42. The maximum Gasteiger partial charge on any atom is 0.506 e. The van der Waals surface area contributed by atoms with Crippen molar-refractivity contribution in [3.63, 3.8) is 0 Å². The van der Waals surface area contributed by atoms with E-state index in [1.807, 2.05) is 62.3 Å². The first-order valence-corrected chi connectivity index (χ1v) is 13.7. The van der Waals surface area contributed by atoms with E-state index >= 15 is 0 Å². The quantitative estimate of drug-likeness (QED) is 0.191. The highest BCUT2D eigenvalue weighted by molar-refractivity contribution is 6.60. The third kappa shape index (κ3) is 14.7. The van der Waals surface area contributed by atoms with Crippen LogP contribution in [-0.2, 0) is 12.8 Å². The summed E-state index contributed by atoms with van der Waals surface area (Å²) >= 11 is 0. The van der Waals surface area contributed by atoms with E-state index < -0.39 is 26.9 Å². The molecule has 2 aromatic rings. The highest BCUT2D eigenvalue weighted by atomic mass is 16.4. The smallest absolute Gasteiger partial charge is 0.423 e. The Bertz CT molecular complexity index is 966. The highest BCUT2D eigenvalue weighted by Gasteiger charge is 2.23. The molecule has 38 heavy (non-hydrogen) atoms. The molecular formula is C25H49B3N2O8. The van der Waals surface area contributed by atoms with E-state index in [4.69, 9.17) is 10.0 Å². The van der Waals surface area contributed by atoms with Crippen molar-refractivity contribution in [3.8, 4) is 0 Å². The average molecular weight is 538 g/mol. The van der Waals surface area contributed by atoms with Gasteiger partial charge >= 0.3 is 21.4 Å². The Balaban J connectivity index is -0.00000140. The lowest BCUT2D eigenvalue weighted by Crippen LogP contribution is -2.49. The van der Waals surface area contributed by atoms with Crippen molar-refractivity contribution in [2.45, 2.75) is 94.4 Å². The summed E-state index contributed by atoms with van der Waals surface area (Å²) in [6.45, 7) is 18.0. The molecule has 1 atom stereocenters. The molecule has 10 nitrogen and oxygen atoms in total.